The predicted octanol–water partition coefficient (Wildman–Crippen LogP) is 2.70. The summed E-state index contributed by atoms with van der Waals surface area (Å²) in [7, 11) is 1.71. The van der Waals surface area contributed by atoms with Crippen molar-refractivity contribution >= 4 is 34.6 Å². The topological polar surface area (TPSA) is 73.0 Å². The highest BCUT2D eigenvalue weighted by molar-refractivity contribution is 7.16. The van der Waals surface area contributed by atoms with E-state index >= 15 is 0 Å². The Bertz CT molecular complexity index is 566. The van der Waals surface area contributed by atoms with Gasteiger partial charge in [0, 0.05) is 18.5 Å². The molecule has 0 aliphatic rings. The molecule has 0 atom stereocenters. The van der Waals surface area contributed by atoms with Crippen molar-refractivity contribution in [2.45, 2.75) is 6.42 Å². The average molecular weight is 287 g/mol. The number of anilines is 1. The molecule has 0 unspecified atom stereocenters. The zero-order valence-corrected chi connectivity index (χ0v) is 11.2. The van der Waals surface area contributed by atoms with Crippen LogP contribution in [-0.4, -0.2) is 21.0 Å². The van der Waals surface area contributed by atoms with Gasteiger partial charge in [0.2, 0.25) is 12.1 Å². The van der Waals surface area contributed by atoms with Crippen molar-refractivity contribution in [2.24, 2.45) is 7.05 Å². The van der Waals surface area contributed by atoms with E-state index < -0.39 is 4.92 Å². The van der Waals surface area contributed by atoms with E-state index in [9.17, 15) is 10.1 Å². The first-order chi connectivity index (χ1) is 8.58. The molecule has 2 rings (SSSR count). The summed E-state index contributed by atoms with van der Waals surface area (Å²) in [5.74, 6) is 0.268. The van der Waals surface area contributed by atoms with Crippen LogP contribution in [0.25, 0.3) is 0 Å². The minimum atomic E-state index is -0.496. The standard InChI is InChI=1S/C10H11ClN4O2S/c1-14-6-13-10(15(16)17)9(14)12-5-4-7-2-3-8(11)18-7/h2-3,6,12H,4-5H2,1H3. The van der Waals surface area contributed by atoms with E-state index in [-0.39, 0.29) is 5.82 Å². The van der Waals surface area contributed by atoms with Crippen LogP contribution >= 0.6 is 22.9 Å². The molecule has 2 aromatic heterocycles. The highest BCUT2D eigenvalue weighted by atomic mass is 35.5. The van der Waals surface area contributed by atoms with Crippen LogP contribution in [0, 0.1) is 10.1 Å². The Kier molecular flexibility index (Phi) is 3.83. The number of aromatic nitrogens is 2. The van der Waals surface area contributed by atoms with Gasteiger partial charge in [-0.15, -0.1) is 11.3 Å². The maximum Gasteiger partial charge on any atom is 0.406 e. The number of rotatable bonds is 5. The quantitative estimate of drug-likeness (QED) is 0.677. The van der Waals surface area contributed by atoms with E-state index in [4.69, 9.17) is 11.6 Å². The zero-order chi connectivity index (χ0) is 13.1. The van der Waals surface area contributed by atoms with Gasteiger partial charge in [-0.05, 0) is 28.5 Å². The van der Waals surface area contributed by atoms with Crippen molar-refractivity contribution in [2.75, 3.05) is 11.9 Å². The van der Waals surface area contributed by atoms with Gasteiger partial charge in [0.05, 0.1) is 4.34 Å². The number of hydrogen-bond acceptors (Lipinski definition) is 5. The lowest BCUT2D eigenvalue weighted by Crippen LogP contribution is -2.08. The van der Waals surface area contributed by atoms with Crippen LogP contribution in [0.1, 0.15) is 4.88 Å². The minimum absolute atomic E-state index is 0.151. The van der Waals surface area contributed by atoms with Crippen LogP contribution in [0.4, 0.5) is 11.6 Å². The van der Waals surface area contributed by atoms with Gasteiger partial charge in [0.15, 0.2) is 0 Å². The number of nitro groups is 1. The van der Waals surface area contributed by atoms with Gasteiger partial charge in [-0.3, -0.25) is 4.57 Å². The molecule has 0 fully saturated rings. The first-order valence-electron chi connectivity index (χ1n) is 5.21. The highest BCUT2D eigenvalue weighted by Gasteiger charge is 2.19. The summed E-state index contributed by atoms with van der Waals surface area (Å²) in [6, 6.07) is 3.79. The number of nitrogens with one attached hydrogen (secondary N) is 1. The second-order valence-electron chi connectivity index (χ2n) is 3.67. The number of imidazole rings is 1. The van der Waals surface area contributed by atoms with Crippen LogP contribution in [-0.2, 0) is 13.5 Å². The summed E-state index contributed by atoms with van der Waals surface area (Å²) in [5.41, 5.74) is 0. The number of hydrogen-bond donors (Lipinski definition) is 1. The summed E-state index contributed by atoms with van der Waals surface area (Å²) in [6.07, 6.45) is 2.18. The fraction of sp³-hybridized carbons (Fsp3) is 0.300. The van der Waals surface area contributed by atoms with E-state index in [1.165, 1.54) is 17.7 Å². The molecular formula is C10H11ClN4O2S. The van der Waals surface area contributed by atoms with E-state index in [2.05, 4.69) is 10.3 Å². The molecule has 0 aliphatic carbocycles. The van der Waals surface area contributed by atoms with Crippen molar-refractivity contribution in [3.05, 3.63) is 37.8 Å². The monoisotopic (exact) mass is 286 g/mol. The van der Waals surface area contributed by atoms with Crippen molar-refractivity contribution in [1.29, 1.82) is 0 Å². The lowest BCUT2D eigenvalue weighted by molar-refractivity contribution is -0.388. The summed E-state index contributed by atoms with van der Waals surface area (Å²) in [6.45, 7) is 0.594. The van der Waals surface area contributed by atoms with Crippen molar-refractivity contribution in [3.63, 3.8) is 0 Å². The molecule has 6 nitrogen and oxygen atoms in total. The third-order valence-corrected chi connectivity index (χ3v) is 3.67. The number of nitrogens with zero attached hydrogens (tertiary/aromatic N) is 3. The molecule has 0 bridgehead atoms. The van der Waals surface area contributed by atoms with Gasteiger partial charge in [0.1, 0.15) is 0 Å². The van der Waals surface area contributed by atoms with Crippen LogP contribution < -0.4 is 5.32 Å². The summed E-state index contributed by atoms with van der Waals surface area (Å²) in [5, 5.41) is 13.8. The molecule has 0 saturated heterocycles. The second kappa shape index (κ2) is 5.36. The van der Waals surface area contributed by atoms with E-state index in [1.807, 2.05) is 12.1 Å². The maximum atomic E-state index is 10.7. The summed E-state index contributed by atoms with van der Waals surface area (Å²) in [4.78, 5) is 15.1. The van der Waals surface area contributed by atoms with Gasteiger partial charge in [-0.2, -0.15) is 0 Å². The van der Waals surface area contributed by atoms with Gasteiger partial charge in [-0.25, -0.2) is 0 Å². The fourth-order valence-corrected chi connectivity index (χ4v) is 2.63. The molecule has 0 aliphatic heterocycles. The molecule has 2 aromatic rings. The molecule has 1 N–H and O–H groups in total. The zero-order valence-electron chi connectivity index (χ0n) is 9.59. The fourth-order valence-electron chi connectivity index (χ4n) is 1.55. The number of halogens is 1. The molecule has 96 valence electrons. The third-order valence-electron chi connectivity index (χ3n) is 2.38. The van der Waals surface area contributed by atoms with E-state index in [1.54, 1.807) is 11.6 Å². The van der Waals surface area contributed by atoms with Gasteiger partial charge in [-0.1, -0.05) is 11.6 Å². The molecule has 2 heterocycles. The van der Waals surface area contributed by atoms with E-state index in [0.29, 0.717) is 12.4 Å². The van der Waals surface area contributed by atoms with Crippen LogP contribution in [0.3, 0.4) is 0 Å². The van der Waals surface area contributed by atoms with Crippen molar-refractivity contribution in [1.82, 2.24) is 9.55 Å². The number of aryl methyl sites for hydroxylation is 1. The smallest absolute Gasteiger partial charge is 0.364 e. The molecule has 0 aromatic carbocycles. The molecule has 18 heavy (non-hydrogen) atoms. The van der Waals surface area contributed by atoms with Crippen LogP contribution in [0.15, 0.2) is 18.5 Å². The molecule has 0 amide bonds. The van der Waals surface area contributed by atoms with Gasteiger partial charge >= 0.3 is 5.82 Å². The summed E-state index contributed by atoms with van der Waals surface area (Å²) < 4.78 is 2.34. The Labute approximate surface area is 112 Å². The molecule has 0 saturated carbocycles. The largest absolute Gasteiger partial charge is 0.406 e. The first kappa shape index (κ1) is 12.8. The molecule has 0 radical (unpaired) electrons. The Morgan fingerprint density at radius 3 is 3.00 bits per heavy atom. The SMILES string of the molecule is Cn1cnc([N+](=O)[O-])c1NCCc1ccc(Cl)s1. The molecule has 8 heteroatoms. The van der Waals surface area contributed by atoms with Crippen molar-refractivity contribution < 1.29 is 4.92 Å². The normalized spacial score (nSPS) is 10.6. The molecule has 0 spiro atoms. The Hall–Kier alpha value is -1.60. The number of thiophene rings is 1. The van der Waals surface area contributed by atoms with Crippen molar-refractivity contribution in [3.8, 4) is 0 Å². The predicted molar refractivity (Wildman–Crippen MR) is 71.4 cm³/mol. The Morgan fingerprint density at radius 2 is 2.39 bits per heavy atom. The van der Waals surface area contributed by atoms with E-state index in [0.717, 1.165) is 15.6 Å². The summed E-state index contributed by atoms with van der Waals surface area (Å²) >= 11 is 7.33. The highest BCUT2D eigenvalue weighted by Crippen LogP contribution is 2.23. The first-order valence-corrected chi connectivity index (χ1v) is 6.41. The maximum absolute atomic E-state index is 10.7. The minimum Gasteiger partial charge on any atom is -0.364 e. The van der Waals surface area contributed by atoms with Gasteiger partial charge < -0.3 is 15.4 Å². The lowest BCUT2D eigenvalue weighted by atomic mass is 10.3. The third kappa shape index (κ3) is 2.80. The van der Waals surface area contributed by atoms with Crippen LogP contribution in [0.2, 0.25) is 4.34 Å². The second-order valence-corrected chi connectivity index (χ2v) is 5.47. The van der Waals surface area contributed by atoms with Crippen LogP contribution in [0.5, 0.6) is 0 Å². The Balaban J connectivity index is 1.98. The average Bonchev–Trinajstić information content (AvgIpc) is 2.87. The Morgan fingerprint density at radius 1 is 1.61 bits per heavy atom. The van der Waals surface area contributed by atoms with Gasteiger partial charge in [0.25, 0.3) is 0 Å². The molecular weight excluding hydrogens is 276 g/mol. The lowest BCUT2D eigenvalue weighted by Gasteiger charge is -2.04.